The molecule has 1 heterocycles. The normalized spacial score (nSPS) is 23.9. The summed E-state index contributed by atoms with van der Waals surface area (Å²) in [7, 11) is 1.74. The van der Waals surface area contributed by atoms with Crippen molar-refractivity contribution in [1.82, 2.24) is 5.32 Å². The Labute approximate surface area is 111 Å². The zero-order chi connectivity index (χ0) is 12.8. The van der Waals surface area contributed by atoms with E-state index < -0.39 is 0 Å². The van der Waals surface area contributed by atoms with E-state index in [1.807, 2.05) is 6.07 Å². The summed E-state index contributed by atoms with van der Waals surface area (Å²) >= 11 is 0. The van der Waals surface area contributed by atoms with Crippen molar-refractivity contribution in [2.75, 3.05) is 13.7 Å². The molecule has 1 aromatic rings. The average molecular weight is 247 g/mol. The second kappa shape index (κ2) is 6.24. The van der Waals surface area contributed by atoms with Gasteiger partial charge in [0.1, 0.15) is 5.75 Å². The molecule has 1 aliphatic rings. The molecule has 0 bridgehead atoms. The van der Waals surface area contributed by atoms with Crippen LogP contribution in [0.4, 0.5) is 0 Å². The minimum Gasteiger partial charge on any atom is -0.497 e. The van der Waals surface area contributed by atoms with Crippen LogP contribution in [0.3, 0.4) is 0 Å². The van der Waals surface area contributed by atoms with Gasteiger partial charge in [0.15, 0.2) is 0 Å². The third kappa shape index (κ3) is 3.26. The van der Waals surface area contributed by atoms with Crippen LogP contribution in [-0.4, -0.2) is 19.2 Å². The predicted molar refractivity (Wildman–Crippen MR) is 76.2 cm³/mol. The third-order valence-corrected chi connectivity index (χ3v) is 3.99. The summed E-state index contributed by atoms with van der Waals surface area (Å²) in [4.78, 5) is 0. The molecule has 2 heteroatoms. The van der Waals surface area contributed by atoms with Crippen LogP contribution in [0, 0.1) is 0 Å². The van der Waals surface area contributed by atoms with E-state index in [2.05, 4.69) is 30.4 Å². The summed E-state index contributed by atoms with van der Waals surface area (Å²) in [5.74, 6) is 0.968. The van der Waals surface area contributed by atoms with E-state index in [4.69, 9.17) is 4.74 Å². The lowest BCUT2D eigenvalue weighted by Gasteiger charge is -2.39. The SMILES string of the molecule is CCCC1(Cc2cccc(OC)c2)CCCCN1. The molecule has 0 aromatic heterocycles. The highest BCUT2D eigenvalue weighted by molar-refractivity contribution is 5.29. The van der Waals surface area contributed by atoms with E-state index in [0.717, 1.165) is 12.2 Å². The van der Waals surface area contributed by atoms with Crippen LogP contribution in [-0.2, 0) is 6.42 Å². The third-order valence-electron chi connectivity index (χ3n) is 3.99. The van der Waals surface area contributed by atoms with E-state index in [-0.39, 0.29) is 0 Å². The highest BCUT2D eigenvalue weighted by atomic mass is 16.5. The molecular formula is C16H25NO. The number of ether oxygens (including phenoxy) is 1. The maximum atomic E-state index is 5.32. The molecule has 1 aromatic carbocycles. The standard InChI is InChI=1S/C16H25NO/c1-3-9-16(10-4-5-11-17-16)13-14-7-6-8-15(12-14)18-2/h6-8,12,17H,3-5,9-11,13H2,1-2H3. The smallest absolute Gasteiger partial charge is 0.119 e. The fourth-order valence-corrected chi connectivity index (χ4v) is 3.13. The van der Waals surface area contributed by atoms with E-state index >= 15 is 0 Å². The van der Waals surface area contributed by atoms with Gasteiger partial charge in [-0.3, -0.25) is 0 Å². The molecule has 2 rings (SSSR count). The number of hydrogen-bond donors (Lipinski definition) is 1. The van der Waals surface area contributed by atoms with Gasteiger partial charge in [-0.25, -0.2) is 0 Å². The Kier molecular flexibility index (Phi) is 4.65. The van der Waals surface area contributed by atoms with Gasteiger partial charge in [-0.05, 0) is 49.9 Å². The monoisotopic (exact) mass is 247 g/mol. The summed E-state index contributed by atoms with van der Waals surface area (Å²) < 4.78 is 5.32. The van der Waals surface area contributed by atoms with Crippen molar-refractivity contribution in [2.45, 2.75) is 51.0 Å². The first kappa shape index (κ1) is 13.4. The molecule has 1 fully saturated rings. The fourth-order valence-electron chi connectivity index (χ4n) is 3.13. The molecule has 18 heavy (non-hydrogen) atoms. The molecule has 2 nitrogen and oxygen atoms in total. The first-order valence-electron chi connectivity index (χ1n) is 7.16. The van der Waals surface area contributed by atoms with E-state index in [1.165, 1.54) is 44.2 Å². The molecule has 0 amide bonds. The number of hydrogen-bond acceptors (Lipinski definition) is 2. The molecule has 1 atom stereocenters. The van der Waals surface area contributed by atoms with Crippen molar-refractivity contribution >= 4 is 0 Å². The summed E-state index contributed by atoms with van der Waals surface area (Å²) in [5.41, 5.74) is 1.71. The Balaban J connectivity index is 2.11. The van der Waals surface area contributed by atoms with Gasteiger partial charge >= 0.3 is 0 Å². The van der Waals surface area contributed by atoms with Gasteiger partial charge in [-0.2, -0.15) is 0 Å². The number of methoxy groups -OCH3 is 1. The van der Waals surface area contributed by atoms with Crippen LogP contribution in [0.25, 0.3) is 0 Å². The van der Waals surface area contributed by atoms with Crippen LogP contribution in [0.1, 0.15) is 44.6 Å². The molecule has 1 unspecified atom stereocenters. The molecule has 1 aliphatic heterocycles. The topological polar surface area (TPSA) is 21.3 Å². The molecule has 1 saturated heterocycles. The van der Waals surface area contributed by atoms with Crippen LogP contribution in [0.5, 0.6) is 5.75 Å². The minimum absolute atomic E-state index is 0.319. The largest absolute Gasteiger partial charge is 0.497 e. The second-order valence-corrected chi connectivity index (χ2v) is 5.44. The van der Waals surface area contributed by atoms with Gasteiger partial charge in [0, 0.05) is 5.54 Å². The molecule has 0 spiro atoms. The zero-order valence-electron chi connectivity index (χ0n) is 11.7. The van der Waals surface area contributed by atoms with Crippen LogP contribution < -0.4 is 10.1 Å². The van der Waals surface area contributed by atoms with Gasteiger partial charge in [0.25, 0.3) is 0 Å². The molecule has 0 saturated carbocycles. The van der Waals surface area contributed by atoms with E-state index in [0.29, 0.717) is 5.54 Å². The molecule has 0 radical (unpaired) electrons. The van der Waals surface area contributed by atoms with Crippen molar-refractivity contribution in [2.24, 2.45) is 0 Å². The molecular weight excluding hydrogens is 222 g/mol. The summed E-state index contributed by atoms with van der Waals surface area (Å²) in [6.07, 6.45) is 7.62. The number of piperidine rings is 1. The number of nitrogens with one attached hydrogen (secondary N) is 1. The van der Waals surface area contributed by atoms with Crippen LogP contribution >= 0.6 is 0 Å². The Morgan fingerprint density at radius 2 is 2.22 bits per heavy atom. The Morgan fingerprint density at radius 1 is 1.33 bits per heavy atom. The highest BCUT2D eigenvalue weighted by Crippen LogP contribution is 2.29. The Hall–Kier alpha value is -1.02. The van der Waals surface area contributed by atoms with Crippen molar-refractivity contribution in [3.05, 3.63) is 29.8 Å². The van der Waals surface area contributed by atoms with Gasteiger partial charge in [-0.1, -0.05) is 31.9 Å². The maximum absolute atomic E-state index is 5.32. The zero-order valence-corrected chi connectivity index (χ0v) is 11.7. The maximum Gasteiger partial charge on any atom is 0.119 e. The van der Waals surface area contributed by atoms with Crippen molar-refractivity contribution < 1.29 is 4.74 Å². The highest BCUT2D eigenvalue weighted by Gasteiger charge is 2.30. The first-order chi connectivity index (χ1) is 8.78. The average Bonchev–Trinajstić information content (AvgIpc) is 2.40. The molecule has 100 valence electrons. The molecule has 0 aliphatic carbocycles. The van der Waals surface area contributed by atoms with Gasteiger partial charge < -0.3 is 10.1 Å². The minimum atomic E-state index is 0.319. The van der Waals surface area contributed by atoms with E-state index in [9.17, 15) is 0 Å². The number of benzene rings is 1. The van der Waals surface area contributed by atoms with E-state index in [1.54, 1.807) is 7.11 Å². The van der Waals surface area contributed by atoms with Crippen molar-refractivity contribution in [3.63, 3.8) is 0 Å². The van der Waals surface area contributed by atoms with Crippen molar-refractivity contribution in [3.8, 4) is 5.75 Å². The fraction of sp³-hybridized carbons (Fsp3) is 0.625. The lowest BCUT2D eigenvalue weighted by atomic mass is 9.80. The Bertz CT molecular complexity index is 364. The Morgan fingerprint density at radius 3 is 2.89 bits per heavy atom. The summed E-state index contributed by atoms with van der Waals surface area (Å²) in [5, 5.41) is 3.78. The lowest BCUT2D eigenvalue weighted by molar-refractivity contribution is 0.233. The second-order valence-electron chi connectivity index (χ2n) is 5.44. The first-order valence-corrected chi connectivity index (χ1v) is 7.16. The summed E-state index contributed by atoms with van der Waals surface area (Å²) in [6, 6.07) is 8.50. The lowest BCUT2D eigenvalue weighted by Crippen LogP contribution is -2.50. The van der Waals surface area contributed by atoms with Crippen LogP contribution in [0.2, 0.25) is 0 Å². The van der Waals surface area contributed by atoms with Crippen molar-refractivity contribution in [1.29, 1.82) is 0 Å². The summed E-state index contributed by atoms with van der Waals surface area (Å²) in [6.45, 7) is 3.45. The quantitative estimate of drug-likeness (QED) is 0.859. The van der Waals surface area contributed by atoms with Crippen LogP contribution in [0.15, 0.2) is 24.3 Å². The molecule has 1 N–H and O–H groups in total. The predicted octanol–water partition coefficient (Wildman–Crippen LogP) is 3.55. The van der Waals surface area contributed by atoms with Gasteiger partial charge in [0.05, 0.1) is 7.11 Å². The van der Waals surface area contributed by atoms with Gasteiger partial charge in [-0.15, -0.1) is 0 Å². The number of rotatable bonds is 5. The van der Waals surface area contributed by atoms with Gasteiger partial charge in [0.2, 0.25) is 0 Å².